The van der Waals surface area contributed by atoms with E-state index in [0.717, 1.165) is 25.3 Å². The fraction of sp³-hybridized carbons (Fsp3) is 0.250. The second-order valence-electron chi connectivity index (χ2n) is 3.63. The van der Waals surface area contributed by atoms with E-state index in [2.05, 4.69) is 15.3 Å². The monoisotopic (exact) mass is 217 g/mol. The maximum absolute atomic E-state index is 9.13. The highest BCUT2D eigenvalue weighted by molar-refractivity contribution is 5.25. The molecule has 0 fully saturated rings. The quantitative estimate of drug-likeness (QED) is 0.664. The molecule has 0 radical (unpaired) electrons. The third-order valence-electron chi connectivity index (χ3n) is 2.37. The van der Waals surface area contributed by atoms with Gasteiger partial charge in [-0.3, -0.25) is 0 Å². The molecular formula is C12H15N3O. The number of aromatic nitrogens is 2. The lowest BCUT2D eigenvalue weighted by atomic mass is 10.1. The minimum absolute atomic E-state index is 0.312. The molecule has 1 aromatic carbocycles. The van der Waals surface area contributed by atoms with Crippen molar-refractivity contribution in [3.63, 3.8) is 0 Å². The largest absolute Gasteiger partial charge is 0.508 e. The number of phenolic OH excluding ortho intramolecular Hbond substituents is 1. The van der Waals surface area contributed by atoms with Gasteiger partial charge in [0.1, 0.15) is 11.6 Å². The van der Waals surface area contributed by atoms with E-state index < -0.39 is 0 Å². The first kappa shape index (κ1) is 10.7. The average Bonchev–Trinajstić information content (AvgIpc) is 2.80. The van der Waals surface area contributed by atoms with Crippen LogP contribution in [0.5, 0.6) is 5.75 Å². The fourth-order valence-electron chi connectivity index (χ4n) is 1.50. The highest BCUT2D eigenvalue weighted by atomic mass is 16.3. The van der Waals surface area contributed by atoms with Gasteiger partial charge in [0, 0.05) is 12.4 Å². The zero-order valence-corrected chi connectivity index (χ0v) is 8.98. The van der Waals surface area contributed by atoms with Gasteiger partial charge in [0.25, 0.3) is 0 Å². The molecule has 84 valence electrons. The van der Waals surface area contributed by atoms with Gasteiger partial charge in [-0.25, -0.2) is 4.98 Å². The van der Waals surface area contributed by atoms with Crippen molar-refractivity contribution in [1.29, 1.82) is 0 Å². The smallest absolute Gasteiger partial charge is 0.120 e. The van der Waals surface area contributed by atoms with Crippen LogP contribution in [0.1, 0.15) is 11.4 Å². The van der Waals surface area contributed by atoms with E-state index in [0.29, 0.717) is 5.75 Å². The maximum atomic E-state index is 9.13. The van der Waals surface area contributed by atoms with Gasteiger partial charge in [-0.05, 0) is 30.7 Å². The second-order valence-corrected chi connectivity index (χ2v) is 3.63. The van der Waals surface area contributed by atoms with E-state index in [1.165, 1.54) is 5.56 Å². The molecule has 0 aliphatic carbocycles. The van der Waals surface area contributed by atoms with Gasteiger partial charge < -0.3 is 15.4 Å². The molecule has 0 unspecified atom stereocenters. The number of phenols is 1. The van der Waals surface area contributed by atoms with Crippen LogP contribution in [0.3, 0.4) is 0 Å². The van der Waals surface area contributed by atoms with Crippen LogP contribution >= 0.6 is 0 Å². The first-order valence-electron chi connectivity index (χ1n) is 5.31. The second kappa shape index (κ2) is 5.32. The van der Waals surface area contributed by atoms with E-state index >= 15 is 0 Å². The zero-order valence-electron chi connectivity index (χ0n) is 8.98. The standard InChI is InChI=1S/C12H15N3O/c16-11-3-1-10(2-4-11)5-6-13-9-12-14-7-8-15-12/h1-4,7-8,13,16H,5-6,9H2,(H,14,15). The molecule has 0 spiro atoms. The molecule has 1 aromatic heterocycles. The Hall–Kier alpha value is -1.81. The van der Waals surface area contributed by atoms with Crippen molar-refractivity contribution in [3.8, 4) is 5.75 Å². The van der Waals surface area contributed by atoms with Gasteiger partial charge in [0.05, 0.1) is 6.54 Å². The van der Waals surface area contributed by atoms with E-state index in [1.54, 1.807) is 18.3 Å². The number of hydrogen-bond acceptors (Lipinski definition) is 3. The molecule has 16 heavy (non-hydrogen) atoms. The normalized spacial score (nSPS) is 10.5. The van der Waals surface area contributed by atoms with Crippen LogP contribution in [0.4, 0.5) is 0 Å². The van der Waals surface area contributed by atoms with Crippen molar-refractivity contribution < 1.29 is 5.11 Å². The van der Waals surface area contributed by atoms with Crippen LogP contribution in [0, 0.1) is 0 Å². The highest BCUT2D eigenvalue weighted by Gasteiger charge is 1.95. The molecule has 4 nitrogen and oxygen atoms in total. The number of nitrogens with one attached hydrogen (secondary N) is 2. The lowest BCUT2D eigenvalue weighted by Crippen LogP contribution is -2.17. The summed E-state index contributed by atoms with van der Waals surface area (Å²) in [5.41, 5.74) is 1.21. The number of aromatic hydroxyl groups is 1. The van der Waals surface area contributed by atoms with Crippen LogP contribution in [0.2, 0.25) is 0 Å². The third kappa shape index (κ3) is 3.10. The Kier molecular flexibility index (Phi) is 3.56. The maximum Gasteiger partial charge on any atom is 0.120 e. The van der Waals surface area contributed by atoms with Crippen molar-refractivity contribution in [2.45, 2.75) is 13.0 Å². The Morgan fingerprint density at radius 1 is 1.25 bits per heavy atom. The van der Waals surface area contributed by atoms with Gasteiger partial charge in [-0.2, -0.15) is 0 Å². The van der Waals surface area contributed by atoms with Crippen LogP contribution in [0.25, 0.3) is 0 Å². The minimum Gasteiger partial charge on any atom is -0.508 e. The van der Waals surface area contributed by atoms with Gasteiger partial charge in [0.2, 0.25) is 0 Å². The Balaban J connectivity index is 1.70. The number of H-pyrrole nitrogens is 1. The predicted molar refractivity (Wildman–Crippen MR) is 62.1 cm³/mol. The molecule has 0 amide bonds. The number of rotatable bonds is 5. The first-order chi connectivity index (χ1) is 7.84. The minimum atomic E-state index is 0.312. The third-order valence-corrected chi connectivity index (χ3v) is 2.37. The molecule has 0 saturated heterocycles. The van der Waals surface area contributed by atoms with Crippen LogP contribution in [0.15, 0.2) is 36.7 Å². The molecule has 0 aliphatic heterocycles. The molecule has 2 rings (SSSR count). The molecule has 2 aromatic rings. The summed E-state index contributed by atoms with van der Waals surface area (Å²) < 4.78 is 0. The molecule has 0 aliphatic rings. The van der Waals surface area contributed by atoms with Gasteiger partial charge in [0.15, 0.2) is 0 Å². The number of aromatic amines is 1. The van der Waals surface area contributed by atoms with E-state index in [-0.39, 0.29) is 0 Å². The van der Waals surface area contributed by atoms with Crippen molar-refractivity contribution in [3.05, 3.63) is 48.0 Å². The zero-order chi connectivity index (χ0) is 11.2. The molecule has 0 bridgehead atoms. The van der Waals surface area contributed by atoms with Crippen LogP contribution in [-0.2, 0) is 13.0 Å². The molecule has 1 heterocycles. The van der Waals surface area contributed by atoms with Crippen molar-refractivity contribution in [2.75, 3.05) is 6.54 Å². The summed E-state index contributed by atoms with van der Waals surface area (Å²) in [5.74, 6) is 1.26. The summed E-state index contributed by atoms with van der Waals surface area (Å²) in [6.07, 6.45) is 4.51. The van der Waals surface area contributed by atoms with E-state index in [9.17, 15) is 0 Å². The summed E-state index contributed by atoms with van der Waals surface area (Å²) in [7, 11) is 0. The van der Waals surface area contributed by atoms with E-state index in [4.69, 9.17) is 5.11 Å². The SMILES string of the molecule is Oc1ccc(CCNCc2ncc[nH]2)cc1. The lowest BCUT2D eigenvalue weighted by molar-refractivity contribution is 0.475. The fourth-order valence-corrected chi connectivity index (χ4v) is 1.50. The molecule has 4 heteroatoms. The Morgan fingerprint density at radius 2 is 2.06 bits per heavy atom. The summed E-state index contributed by atoms with van der Waals surface area (Å²) >= 11 is 0. The Morgan fingerprint density at radius 3 is 2.75 bits per heavy atom. The summed E-state index contributed by atoms with van der Waals surface area (Å²) in [4.78, 5) is 7.16. The van der Waals surface area contributed by atoms with Crippen LogP contribution < -0.4 is 5.32 Å². The Bertz CT molecular complexity index is 408. The van der Waals surface area contributed by atoms with Gasteiger partial charge in [-0.1, -0.05) is 12.1 Å². The van der Waals surface area contributed by atoms with Crippen LogP contribution in [-0.4, -0.2) is 21.6 Å². The van der Waals surface area contributed by atoms with Crippen molar-refractivity contribution in [1.82, 2.24) is 15.3 Å². The number of hydrogen-bond donors (Lipinski definition) is 3. The van der Waals surface area contributed by atoms with Gasteiger partial charge >= 0.3 is 0 Å². The lowest BCUT2D eigenvalue weighted by Gasteiger charge is -2.03. The molecule has 0 saturated carbocycles. The highest BCUT2D eigenvalue weighted by Crippen LogP contribution is 2.09. The molecule has 0 atom stereocenters. The number of benzene rings is 1. The molecule has 3 N–H and O–H groups in total. The number of nitrogens with zero attached hydrogens (tertiary/aromatic N) is 1. The number of imidazole rings is 1. The first-order valence-corrected chi connectivity index (χ1v) is 5.31. The van der Waals surface area contributed by atoms with E-state index in [1.807, 2.05) is 18.3 Å². The van der Waals surface area contributed by atoms with Gasteiger partial charge in [-0.15, -0.1) is 0 Å². The molecular weight excluding hydrogens is 202 g/mol. The topological polar surface area (TPSA) is 60.9 Å². The summed E-state index contributed by atoms with van der Waals surface area (Å²) in [6, 6.07) is 7.29. The summed E-state index contributed by atoms with van der Waals surface area (Å²) in [6.45, 7) is 1.65. The predicted octanol–water partition coefficient (Wildman–Crippen LogP) is 1.45. The van der Waals surface area contributed by atoms with Crippen molar-refractivity contribution >= 4 is 0 Å². The summed E-state index contributed by atoms with van der Waals surface area (Å²) in [5, 5.41) is 12.4. The van der Waals surface area contributed by atoms with Crippen molar-refractivity contribution in [2.24, 2.45) is 0 Å². The average molecular weight is 217 g/mol. The Labute approximate surface area is 94.4 Å².